The van der Waals surface area contributed by atoms with E-state index < -0.39 is 29.3 Å². The number of nitrogens with one attached hydrogen (secondary N) is 1. The van der Waals surface area contributed by atoms with Gasteiger partial charge < -0.3 is 16.0 Å². The first-order valence-corrected chi connectivity index (χ1v) is 11.8. The van der Waals surface area contributed by atoms with Gasteiger partial charge >= 0.3 is 6.18 Å². The van der Waals surface area contributed by atoms with Gasteiger partial charge in [-0.25, -0.2) is 4.99 Å². The fourth-order valence-corrected chi connectivity index (χ4v) is 4.27. The average Bonchev–Trinajstić information content (AvgIpc) is 3.60. The van der Waals surface area contributed by atoms with Crippen LogP contribution in [-0.4, -0.2) is 68.7 Å². The van der Waals surface area contributed by atoms with Gasteiger partial charge in [0.25, 0.3) is 0 Å². The number of likely N-dealkylation sites (N-methyl/N-ethyl adjacent to an activating group) is 1. The van der Waals surface area contributed by atoms with Crippen molar-refractivity contribution in [2.24, 2.45) is 27.1 Å². The zero-order chi connectivity index (χ0) is 27.3. The zero-order valence-electron chi connectivity index (χ0n) is 21.0. The molecule has 1 saturated carbocycles. The van der Waals surface area contributed by atoms with E-state index in [9.17, 15) is 22.8 Å². The zero-order valence-corrected chi connectivity index (χ0v) is 21.7. The molecule has 0 heterocycles. The van der Waals surface area contributed by atoms with Crippen molar-refractivity contribution < 1.29 is 22.8 Å². The lowest BCUT2D eigenvalue weighted by Crippen LogP contribution is -2.43. The molecule has 1 aliphatic carbocycles. The standard InChI is InChI=1S/C25H33ClF3N5O2/c1-15(13-32-16(2)31-3)20(24(8-9-24)25(27,28)29)12-22(35)33-14-19(34(4)5)10-17-6-7-18(23(30)36)11-21(17)26/h6-7,11,13,19-20H,1,8-10,12,14H2,2-5H3,(H2,30,36)(H,33,35)/b31-16-,32-13-/t19-,20-/m0/s1. The summed E-state index contributed by atoms with van der Waals surface area (Å²) in [5.74, 6) is -1.83. The Hall–Kier alpha value is -2.72. The second-order valence-electron chi connectivity index (χ2n) is 9.31. The summed E-state index contributed by atoms with van der Waals surface area (Å²) in [5, 5.41) is 3.14. The number of carbonyl (C=O) groups excluding carboxylic acids is 2. The number of nitrogens with zero attached hydrogens (tertiary/aromatic N) is 3. The smallest absolute Gasteiger partial charge is 0.366 e. The summed E-state index contributed by atoms with van der Waals surface area (Å²) in [5.41, 5.74) is 4.49. The Labute approximate surface area is 214 Å². The highest BCUT2D eigenvalue weighted by atomic mass is 35.5. The van der Waals surface area contributed by atoms with Crippen molar-refractivity contribution in [3.05, 3.63) is 46.5 Å². The molecule has 0 aliphatic heterocycles. The van der Waals surface area contributed by atoms with Crippen LogP contribution in [0.2, 0.25) is 5.02 Å². The number of hydrogen-bond acceptors (Lipinski definition) is 4. The molecular formula is C25H33ClF3N5O2. The third-order valence-electron chi connectivity index (χ3n) is 6.66. The SMILES string of the molecule is C=C(/C=N\C(C)=N/C)[C@H](CC(=O)NC[C@H](Cc1ccc(C(N)=O)cc1Cl)N(C)C)C1(C(F)(F)F)CC1. The van der Waals surface area contributed by atoms with E-state index >= 15 is 0 Å². The number of hydrogen-bond donors (Lipinski definition) is 2. The number of rotatable bonds is 11. The van der Waals surface area contributed by atoms with Crippen molar-refractivity contribution in [3.63, 3.8) is 0 Å². The fraction of sp³-hybridized carbons (Fsp3) is 0.520. The molecule has 2 atom stereocenters. The van der Waals surface area contributed by atoms with Crippen LogP contribution in [0.4, 0.5) is 13.2 Å². The van der Waals surface area contributed by atoms with Crippen LogP contribution in [0.3, 0.4) is 0 Å². The number of alkyl halides is 3. The number of benzene rings is 1. The monoisotopic (exact) mass is 527 g/mol. The molecule has 198 valence electrons. The van der Waals surface area contributed by atoms with E-state index in [1.165, 1.54) is 19.3 Å². The minimum atomic E-state index is -4.46. The van der Waals surface area contributed by atoms with Gasteiger partial charge in [-0.1, -0.05) is 24.2 Å². The summed E-state index contributed by atoms with van der Waals surface area (Å²) >= 11 is 6.30. The number of nitrogens with two attached hydrogens (primary N) is 1. The Bertz CT molecular complexity index is 1050. The van der Waals surface area contributed by atoms with Gasteiger partial charge in [0.05, 0.1) is 5.41 Å². The van der Waals surface area contributed by atoms with Crippen LogP contribution in [0.5, 0.6) is 0 Å². The van der Waals surface area contributed by atoms with Gasteiger partial charge in [0.2, 0.25) is 11.8 Å². The van der Waals surface area contributed by atoms with E-state index in [0.29, 0.717) is 17.3 Å². The number of amidine groups is 1. The molecule has 1 fully saturated rings. The van der Waals surface area contributed by atoms with Crippen LogP contribution in [-0.2, 0) is 11.2 Å². The Balaban J connectivity index is 2.13. The summed E-state index contributed by atoms with van der Waals surface area (Å²) < 4.78 is 41.7. The molecule has 1 aromatic carbocycles. The van der Waals surface area contributed by atoms with Gasteiger partial charge in [0.1, 0.15) is 5.84 Å². The molecule has 0 bridgehead atoms. The Morgan fingerprint density at radius 2 is 1.97 bits per heavy atom. The van der Waals surface area contributed by atoms with E-state index in [1.54, 1.807) is 19.1 Å². The van der Waals surface area contributed by atoms with E-state index in [-0.39, 0.29) is 43.0 Å². The summed E-state index contributed by atoms with van der Waals surface area (Å²) in [7, 11) is 5.17. The lowest BCUT2D eigenvalue weighted by molar-refractivity contribution is -0.199. The number of primary amides is 1. The van der Waals surface area contributed by atoms with Crippen LogP contribution in [0.1, 0.15) is 42.1 Å². The molecule has 0 aromatic heterocycles. The van der Waals surface area contributed by atoms with E-state index in [4.69, 9.17) is 17.3 Å². The number of allylic oxidation sites excluding steroid dienone is 1. The van der Waals surface area contributed by atoms with Crippen molar-refractivity contribution in [1.82, 2.24) is 10.2 Å². The van der Waals surface area contributed by atoms with E-state index in [2.05, 4.69) is 21.9 Å². The van der Waals surface area contributed by atoms with Gasteiger partial charge in [-0.3, -0.25) is 14.6 Å². The van der Waals surface area contributed by atoms with Crippen molar-refractivity contribution in [3.8, 4) is 0 Å². The number of amides is 2. The van der Waals surface area contributed by atoms with Crippen molar-refractivity contribution in [2.75, 3.05) is 27.7 Å². The van der Waals surface area contributed by atoms with Crippen LogP contribution in [0.25, 0.3) is 0 Å². The quantitative estimate of drug-likeness (QED) is 0.335. The van der Waals surface area contributed by atoms with Crippen LogP contribution in [0, 0.1) is 11.3 Å². The van der Waals surface area contributed by atoms with Gasteiger partial charge in [0.15, 0.2) is 0 Å². The Morgan fingerprint density at radius 3 is 2.44 bits per heavy atom. The third kappa shape index (κ3) is 7.39. The molecule has 1 aliphatic rings. The number of halogens is 4. The lowest BCUT2D eigenvalue weighted by atomic mass is 9.80. The fourth-order valence-electron chi connectivity index (χ4n) is 4.02. The highest BCUT2D eigenvalue weighted by Crippen LogP contribution is 2.64. The average molecular weight is 528 g/mol. The molecule has 3 N–H and O–H groups in total. The first kappa shape index (κ1) is 29.5. The number of aliphatic imine (C=N–C) groups is 2. The lowest BCUT2D eigenvalue weighted by Gasteiger charge is -2.30. The maximum atomic E-state index is 13.9. The summed E-state index contributed by atoms with van der Waals surface area (Å²) in [6.45, 7) is 5.61. The largest absolute Gasteiger partial charge is 0.395 e. The molecule has 1 aromatic rings. The molecule has 0 spiro atoms. The minimum absolute atomic E-state index is 0.0533. The molecule has 2 rings (SSSR count). The van der Waals surface area contributed by atoms with Crippen molar-refractivity contribution >= 4 is 35.5 Å². The molecule has 0 unspecified atom stereocenters. The summed E-state index contributed by atoms with van der Waals surface area (Å²) in [6.07, 6.45) is -3.21. The second-order valence-corrected chi connectivity index (χ2v) is 9.72. The van der Waals surface area contributed by atoms with Crippen LogP contribution in [0.15, 0.2) is 40.3 Å². The Morgan fingerprint density at radius 1 is 1.33 bits per heavy atom. The van der Waals surface area contributed by atoms with Gasteiger partial charge in [-0.15, -0.1) is 0 Å². The van der Waals surface area contributed by atoms with Gasteiger partial charge in [-0.2, -0.15) is 13.2 Å². The van der Waals surface area contributed by atoms with E-state index in [1.807, 2.05) is 19.0 Å². The van der Waals surface area contributed by atoms with Crippen LogP contribution >= 0.6 is 11.6 Å². The molecule has 0 saturated heterocycles. The van der Waals surface area contributed by atoms with Gasteiger partial charge in [-0.05, 0) is 63.6 Å². The minimum Gasteiger partial charge on any atom is -0.366 e. The topological polar surface area (TPSA) is 100 Å². The third-order valence-corrected chi connectivity index (χ3v) is 7.01. The summed E-state index contributed by atoms with van der Waals surface area (Å²) in [6, 6.07) is 4.56. The predicted molar refractivity (Wildman–Crippen MR) is 137 cm³/mol. The van der Waals surface area contributed by atoms with Crippen molar-refractivity contribution in [1.29, 1.82) is 0 Å². The molecular weight excluding hydrogens is 495 g/mol. The second kappa shape index (κ2) is 12.0. The van der Waals surface area contributed by atoms with Crippen LogP contribution < -0.4 is 11.1 Å². The number of carbonyl (C=O) groups is 2. The first-order valence-electron chi connectivity index (χ1n) is 11.5. The van der Waals surface area contributed by atoms with Gasteiger partial charge in [0, 0.05) is 48.8 Å². The molecule has 2 amide bonds. The molecule has 7 nitrogen and oxygen atoms in total. The molecule has 36 heavy (non-hydrogen) atoms. The maximum Gasteiger partial charge on any atom is 0.395 e. The first-order chi connectivity index (χ1) is 16.7. The molecule has 0 radical (unpaired) electrons. The van der Waals surface area contributed by atoms with Crippen molar-refractivity contribution in [2.45, 2.75) is 44.8 Å². The maximum absolute atomic E-state index is 13.9. The highest BCUT2D eigenvalue weighted by Gasteiger charge is 2.67. The Kier molecular flexibility index (Phi) is 9.85. The summed E-state index contributed by atoms with van der Waals surface area (Å²) in [4.78, 5) is 34.0. The normalized spacial score (nSPS) is 17.2. The predicted octanol–water partition coefficient (Wildman–Crippen LogP) is 4.05. The highest BCUT2D eigenvalue weighted by molar-refractivity contribution is 6.31. The molecule has 11 heteroatoms. The van der Waals surface area contributed by atoms with E-state index in [0.717, 1.165) is 5.56 Å².